The van der Waals surface area contributed by atoms with Crippen molar-refractivity contribution in [1.82, 2.24) is 14.9 Å². The lowest BCUT2D eigenvalue weighted by Crippen LogP contribution is -2.54. The van der Waals surface area contributed by atoms with E-state index in [2.05, 4.69) is 14.9 Å². The molecule has 6 nitrogen and oxygen atoms in total. The number of alkyl halides is 1. The molecule has 2 aliphatic rings. The summed E-state index contributed by atoms with van der Waals surface area (Å²) < 4.78 is 14.2. The highest BCUT2D eigenvalue weighted by atomic mass is 35.5. The number of piperazine rings is 1. The first kappa shape index (κ1) is 20.0. The van der Waals surface area contributed by atoms with Crippen LogP contribution in [0.4, 0.5) is 10.2 Å². The summed E-state index contributed by atoms with van der Waals surface area (Å²) in [5.74, 6) is 0.855. The van der Waals surface area contributed by atoms with E-state index in [1.54, 1.807) is 17.0 Å². The molecule has 1 saturated heterocycles. The van der Waals surface area contributed by atoms with Crippen LogP contribution < -0.4 is 10.6 Å². The van der Waals surface area contributed by atoms with Crippen LogP contribution in [0.15, 0.2) is 30.6 Å². The lowest BCUT2D eigenvalue weighted by molar-refractivity contribution is -0.132. The minimum absolute atomic E-state index is 0.0512. The van der Waals surface area contributed by atoms with Crippen molar-refractivity contribution in [2.75, 3.05) is 31.1 Å². The van der Waals surface area contributed by atoms with Gasteiger partial charge in [-0.05, 0) is 36.5 Å². The number of rotatable bonds is 4. The lowest BCUT2D eigenvalue weighted by atomic mass is 10.0. The van der Waals surface area contributed by atoms with E-state index in [0.717, 1.165) is 16.9 Å². The van der Waals surface area contributed by atoms with Crippen molar-refractivity contribution in [2.45, 2.75) is 37.9 Å². The molecule has 4 rings (SSSR count). The fourth-order valence-corrected chi connectivity index (χ4v) is 4.37. The van der Waals surface area contributed by atoms with Crippen molar-refractivity contribution in [3.05, 3.63) is 52.4 Å². The lowest BCUT2D eigenvalue weighted by Gasteiger charge is -2.37. The quantitative estimate of drug-likeness (QED) is 0.827. The second-order valence-corrected chi connectivity index (χ2v) is 8.29. The normalized spacial score (nSPS) is 22.5. The molecular formula is C21H25ClFN5O. The summed E-state index contributed by atoms with van der Waals surface area (Å²) >= 11 is 5.91. The van der Waals surface area contributed by atoms with Crippen LogP contribution in [0.1, 0.15) is 42.3 Å². The number of aromatic nitrogens is 2. The summed E-state index contributed by atoms with van der Waals surface area (Å²) in [6.07, 6.45) is 1.36. The van der Waals surface area contributed by atoms with Gasteiger partial charge in [0, 0.05) is 36.8 Å². The van der Waals surface area contributed by atoms with E-state index in [9.17, 15) is 9.18 Å². The molecule has 8 heteroatoms. The Morgan fingerprint density at radius 1 is 1.24 bits per heavy atom. The molecule has 1 amide bonds. The Kier molecular flexibility index (Phi) is 5.69. The maximum Gasteiger partial charge on any atom is 0.239 e. The Balaban J connectivity index is 1.38. The predicted molar refractivity (Wildman–Crippen MR) is 111 cm³/mol. The molecule has 2 heterocycles. The zero-order valence-electron chi connectivity index (χ0n) is 16.4. The summed E-state index contributed by atoms with van der Waals surface area (Å²) in [5.41, 5.74) is 8.59. The molecule has 29 heavy (non-hydrogen) atoms. The highest BCUT2D eigenvalue weighted by molar-refractivity contribution is 6.30. The highest BCUT2D eigenvalue weighted by Gasteiger charge is 2.35. The number of carbonyl (C=O) groups excluding carboxylic acids is 1. The Labute approximate surface area is 174 Å². The highest BCUT2D eigenvalue weighted by Crippen LogP contribution is 2.44. The molecule has 0 bridgehead atoms. The number of carbonyl (C=O) groups is 1. The van der Waals surface area contributed by atoms with Gasteiger partial charge in [0.25, 0.3) is 0 Å². The maximum atomic E-state index is 14.2. The Hall–Kier alpha value is -2.25. The fourth-order valence-electron chi connectivity index (χ4n) is 4.25. The Morgan fingerprint density at radius 3 is 2.62 bits per heavy atom. The smallest absolute Gasteiger partial charge is 0.239 e. The first-order chi connectivity index (χ1) is 13.9. The second kappa shape index (κ2) is 8.24. The molecule has 154 valence electrons. The molecule has 2 N–H and O–H groups in total. The summed E-state index contributed by atoms with van der Waals surface area (Å²) in [6.45, 7) is 4.44. The minimum atomic E-state index is -1.02. The Morgan fingerprint density at radius 2 is 1.93 bits per heavy atom. The van der Waals surface area contributed by atoms with Crippen LogP contribution in [-0.4, -0.2) is 53.0 Å². The van der Waals surface area contributed by atoms with Crippen molar-refractivity contribution in [3.8, 4) is 0 Å². The van der Waals surface area contributed by atoms with Gasteiger partial charge < -0.3 is 15.5 Å². The fraction of sp³-hybridized carbons (Fsp3) is 0.476. The molecule has 1 fully saturated rings. The molecular weight excluding hydrogens is 393 g/mol. The zero-order chi connectivity index (χ0) is 20.5. The monoisotopic (exact) mass is 417 g/mol. The predicted octanol–water partition coefficient (Wildman–Crippen LogP) is 2.87. The molecule has 2 aromatic rings. The van der Waals surface area contributed by atoms with Crippen molar-refractivity contribution >= 4 is 23.3 Å². The van der Waals surface area contributed by atoms with Gasteiger partial charge in [-0.2, -0.15) is 0 Å². The summed E-state index contributed by atoms with van der Waals surface area (Å²) in [7, 11) is 0. The van der Waals surface area contributed by atoms with E-state index in [0.29, 0.717) is 49.7 Å². The molecule has 1 aromatic heterocycles. The van der Waals surface area contributed by atoms with E-state index < -0.39 is 12.2 Å². The SMILES string of the molecule is C[C@@H]1C[C@@H](F)c2ncnc(N3CCN(C(=O)[C@H](N)Cc4ccc(Cl)cc4)CC3)c21. The average Bonchev–Trinajstić information content (AvgIpc) is 3.03. The largest absolute Gasteiger partial charge is 0.353 e. The van der Waals surface area contributed by atoms with Crippen LogP contribution >= 0.6 is 11.6 Å². The minimum Gasteiger partial charge on any atom is -0.353 e. The number of hydrogen-bond donors (Lipinski definition) is 1. The third kappa shape index (κ3) is 4.07. The van der Waals surface area contributed by atoms with Crippen LogP contribution in [-0.2, 0) is 11.2 Å². The van der Waals surface area contributed by atoms with Gasteiger partial charge in [0.05, 0.1) is 11.7 Å². The number of nitrogens with zero attached hydrogens (tertiary/aromatic N) is 4. The van der Waals surface area contributed by atoms with E-state index >= 15 is 0 Å². The molecule has 0 unspecified atom stereocenters. The standard InChI is InChI=1S/C21H25ClFN5O/c1-13-10-16(23)19-18(13)20(26-12-25-19)27-6-8-28(9-7-27)21(29)17(24)11-14-2-4-15(22)5-3-14/h2-5,12-13,16-17H,6-11,24H2,1H3/t13-,16-,17-/m1/s1. The van der Waals surface area contributed by atoms with Crippen LogP contribution in [0.2, 0.25) is 5.02 Å². The molecule has 0 spiro atoms. The number of hydrogen-bond acceptors (Lipinski definition) is 5. The van der Waals surface area contributed by atoms with Crippen LogP contribution in [0, 0.1) is 0 Å². The number of benzene rings is 1. The molecule has 3 atom stereocenters. The topological polar surface area (TPSA) is 75.4 Å². The van der Waals surface area contributed by atoms with Crippen molar-refractivity contribution < 1.29 is 9.18 Å². The van der Waals surface area contributed by atoms with E-state index in [1.807, 2.05) is 19.1 Å². The van der Waals surface area contributed by atoms with Crippen LogP contribution in [0.5, 0.6) is 0 Å². The van der Waals surface area contributed by atoms with Crippen molar-refractivity contribution in [1.29, 1.82) is 0 Å². The third-order valence-electron chi connectivity index (χ3n) is 5.82. The second-order valence-electron chi connectivity index (χ2n) is 7.85. The molecule has 0 radical (unpaired) electrons. The van der Waals surface area contributed by atoms with E-state index in [-0.39, 0.29) is 11.8 Å². The summed E-state index contributed by atoms with van der Waals surface area (Å²) in [4.78, 5) is 25.3. The van der Waals surface area contributed by atoms with E-state index in [4.69, 9.17) is 17.3 Å². The van der Waals surface area contributed by atoms with Gasteiger partial charge in [0.15, 0.2) is 0 Å². The average molecular weight is 418 g/mol. The maximum absolute atomic E-state index is 14.2. The van der Waals surface area contributed by atoms with Gasteiger partial charge >= 0.3 is 0 Å². The van der Waals surface area contributed by atoms with Crippen LogP contribution in [0.25, 0.3) is 0 Å². The first-order valence-corrected chi connectivity index (χ1v) is 10.3. The van der Waals surface area contributed by atoms with Gasteiger partial charge in [-0.15, -0.1) is 0 Å². The number of nitrogens with two attached hydrogens (primary N) is 1. The Bertz CT molecular complexity index is 885. The molecule has 1 aliphatic heterocycles. The van der Waals surface area contributed by atoms with Crippen molar-refractivity contribution in [3.63, 3.8) is 0 Å². The van der Waals surface area contributed by atoms with Gasteiger partial charge in [0.1, 0.15) is 18.3 Å². The number of anilines is 1. The molecule has 1 aliphatic carbocycles. The molecule has 1 aromatic carbocycles. The third-order valence-corrected chi connectivity index (χ3v) is 6.07. The van der Waals surface area contributed by atoms with Gasteiger partial charge in [-0.1, -0.05) is 30.7 Å². The molecule has 0 saturated carbocycles. The number of halogens is 2. The number of fused-ring (bicyclic) bond motifs is 1. The van der Waals surface area contributed by atoms with Gasteiger partial charge in [-0.25, -0.2) is 14.4 Å². The van der Waals surface area contributed by atoms with Crippen molar-refractivity contribution in [2.24, 2.45) is 5.73 Å². The summed E-state index contributed by atoms with van der Waals surface area (Å²) in [5, 5.41) is 0.661. The van der Waals surface area contributed by atoms with E-state index in [1.165, 1.54) is 6.33 Å². The van der Waals surface area contributed by atoms with Gasteiger partial charge in [-0.3, -0.25) is 4.79 Å². The first-order valence-electron chi connectivity index (χ1n) is 9.96. The van der Waals surface area contributed by atoms with Gasteiger partial charge in [0.2, 0.25) is 5.91 Å². The summed E-state index contributed by atoms with van der Waals surface area (Å²) in [6, 6.07) is 6.80. The zero-order valence-corrected chi connectivity index (χ0v) is 17.1. The van der Waals surface area contributed by atoms with Crippen LogP contribution in [0.3, 0.4) is 0 Å². The number of amides is 1.